The average molecular weight is 378 g/mol. The van der Waals surface area contributed by atoms with Crippen molar-refractivity contribution in [1.29, 1.82) is 0 Å². The molecule has 3 N–H and O–H groups in total. The number of hydrogen-bond donors (Lipinski definition) is 2. The third-order valence-corrected chi connectivity index (χ3v) is 4.61. The lowest BCUT2D eigenvalue weighted by molar-refractivity contribution is 0.100. The van der Waals surface area contributed by atoms with Gasteiger partial charge in [-0.15, -0.1) is 22.7 Å². The van der Waals surface area contributed by atoms with E-state index in [1.165, 1.54) is 22.7 Å². The van der Waals surface area contributed by atoms with Gasteiger partial charge in [0, 0.05) is 5.38 Å². The SMILES string of the molecule is NC(=O)c1ccsc1NC(=O)c1csc(I)c1. The summed E-state index contributed by atoms with van der Waals surface area (Å²) in [5.74, 6) is -0.768. The van der Waals surface area contributed by atoms with Crippen LogP contribution < -0.4 is 11.1 Å². The van der Waals surface area contributed by atoms with Gasteiger partial charge in [-0.3, -0.25) is 9.59 Å². The molecule has 2 amide bonds. The van der Waals surface area contributed by atoms with Crippen molar-refractivity contribution in [3.8, 4) is 0 Å². The summed E-state index contributed by atoms with van der Waals surface area (Å²) in [5.41, 5.74) is 6.12. The molecule has 0 aromatic carbocycles. The molecule has 2 aromatic rings. The van der Waals surface area contributed by atoms with Crippen molar-refractivity contribution in [3.63, 3.8) is 0 Å². The second-order valence-electron chi connectivity index (χ2n) is 3.12. The number of amides is 2. The van der Waals surface area contributed by atoms with Gasteiger partial charge in [-0.2, -0.15) is 0 Å². The Kier molecular flexibility index (Phi) is 3.79. The van der Waals surface area contributed by atoms with E-state index in [4.69, 9.17) is 5.73 Å². The number of nitrogens with two attached hydrogens (primary N) is 1. The molecule has 88 valence electrons. The summed E-state index contributed by atoms with van der Waals surface area (Å²) >= 11 is 4.92. The topological polar surface area (TPSA) is 72.2 Å². The molecule has 2 aromatic heterocycles. The minimum Gasteiger partial charge on any atom is -0.366 e. The summed E-state index contributed by atoms with van der Waals surface area (Å²) in [5, 5.41) is 6.66. The Balaban J connectivity index is 2.18. The van der Waals surface area contributed by atoms with Gasteiger partial charge < -0.3 is 11.1 Å². The maximum atomic E-state index is 11.8. The normalized spacial score (nSPS) is 10.2. The van der Waals surface area contributed by atoms with Gasteiger partial charge in [0.1, 0.15) is 5.00 Å². The molecule has 0 fully saturated rings. The summed E-state index contributed by atoms with van der Waals surface area (Å²) in [4.78, 5) is 22.9. The standard InChI is InChI=1S/C10H7IN2O2S2/c11-7-3-5(4-17-7)9(15)13-10-6(8(12)14)1-2-16-10/h1-4H,(H2,12,14)(H,13,15). The highest BCUT2D eigenvalue weighted by Gasteiger charge is 2.14. The lowest BCUT2D eigenvalue weighted by Crippen LogP contribution is -2.16. The van der Waals surface area contributed by atoms with Crippen LogP contribution in [-0.4, -0.2) is 11.8 Å². The van der Waals surface area contributed by atoms with Gasteiger partial charge in [0.25, 0.3) is 11.8 Å². The maximum absolute atomic E-state index is 11.8. The summed E-state index contributed by atoms with van der Waals surface area (Å²) in [6.07, 6.45) is 0. The van der Waals surface area contributed by atoms with Crippen LogP contribution in [0, 0.1) is 2.88 Å². The van der Waals surface area contributed by atoms with Gasteiger partial charge >= 0.3 is 0 Å². The van der Waals surface area contributed by atoms with Gasteiger partial charge in [-0.05, 0) is 40.1 Å². The maximum Gasteiger partial charge on any atom is 0.257 e. The number of carbonyl (C=O) groups excluding carboxylic acids is 2. The molecule has 2 rings (SSSR count). The highest BCUT2D eigenvalue weighted by molar-refractivity contribution is 14.1. The zero-order chi connectivity index (χ0) is 12.4. The van der Waals surface area contributed by atoms with Gasteiger partial charge in [-0.25, -0.2) is 0 Å². The number of halogens is 1. The molecule has 0 aliphatic carbocycles. The fourth-order valence-electron chi connectivity index (χ4n) is 1.20. The van der Waals surface area contributed by atoms with Gasteiger partial charge in [-0.1, -0.05) is 0 Å². The highest BCUT2D eigenvalue weighted by atomic mass is 127. The summed E-state index contributed by atoms with van der Waals surface area (Å²) < 4.78 is 1.04. The highest BCUT2D eigenvalue weighted by Crippen LogP contribution is 2.24. The molecule has 0 aliphatic heterocycles. The van der Waals surface area contributed by atoms with Gasteiger partial charge in [0.2, 0.25) is 0 Å². The van der Waals surface area contributed by atoms with E-state index in [9.17, 15) is 9.59 Å². The Hall–Kier alpha value is -0.930. The van der Waals surface area contributed by atoms with Crippen molar-refractivity contribution in [2.75, 3.05) is 5.32 Å². The molecule has 7 heteroatoms. The van der Waals surface area contributed by atoms with Crippen LogP contribution in [0.25, 0.3) is 0 Å². The first kappa shape index (κ1) is 12.5. The van der Waals surface area contributed by atoms with Crippen molar-refractivity contribution < 1.29 is 9.59 Å². The third-order valence-electron chi connectivity index (χ3n) is 1.99. The molecule has 0 aliphatic rings. The first-order valence-electron chi connectivity index (χ1n) is 4.50. The van der Waals surface area contributed by atoms with E-state index in [0.717, 1.165) is 2.88 Å². The lowest BCUT2D eigenvalue weighted by atomic mass is 10.3. The van der Waals surface area contributed by atoms with E-state index in [1.54, 1.807) is 22.9 Å². The number of anilines is 1. The Labute approximate surface area is 119 Å². The predicted octanol–water partition coefficient (Wildman–Crippen LogP) is 2.77. The smallest absolute Gasteiger partial charge is 0.257 e. The minimum absolute atomic E-state index is 0.228. The van der Waals surface area contributed by atoms with Crippen LogP contribution in [0.3, 0.4) is 0 Å². The molecule has 4 nitrogen and oxygen atoms in total. The number of rotatable bonds is 3. The number of hydrogen-bond acceptors (Lipinski definition) is 4. The van der Waals surface area contributed by atoms with Crippen molar-refractivity contribution in [1.82, 2.24) is 0 Å². The quantitative estimate of drug-likeness (QED) is 0.807. The van der Waals surface area contributed by atoms with Crippen molar-refractivity contribution >= 4 is 62.1 Å². The molecule has 0 bridgehead atoms. The molecule has 0 atom stereocenters. The second kappa shape index (κ2) is 5.15. The molecular formula is C10H7IN2O2S2. The first-order chi connectivity index (χ1) is 8.08. The molecule has 0 saturated heterocycles. The van der Waals surface area contributed by atoms with Crippen LogP contribution in [0.4, 0.5) is 5.00 Å². The second-order valence-corrected chi connectivity index (χ2v) is 6.84. The van der Waals surface area contributed by atoms with E-state index in [2.05, 4.69) is 27.9 Å². The summed E-state index contributed by atoms with van der Waals surface area (Å²) in [6, 6.07) is 3.39. The summed E-state index contributed by atoms with van der Waals surface area (Å²) in [7, 11) is 0. The molecule has 17 heavy (non-hydrogen) atoms. The van der Waals surface area contributed by atoms with Crippen LogP contribution in [0.2, 0.25) is 0 Å². The fraction of sp³-hybridized carbons (Fsp3) is 0. The third kappa shape index (κ3) is 2.85. The monoisotopic (exact) mass is 378 g/mol. The van der Waals surface area contributed by atoms with Crippen LogP contribution in [0.15, 0.2) is 22.9 Å². The molecule has 0 unspecified atom stereocenters. The largest absolute Gasteiger partial charge is 0.366 e. The van der Waals surface area contributed by atoms with Crippen LogP contribution in [0.1, 0.15) is 20.7 Å². The predicted molar refractivity (Wildman–Crippen MR) is 77.8 cm³/mol. The minimum atomic E-state index is -0.540. The van der Waals surface area contributed by atoms with Crippen molar-refractivity contribution in [2.24, 2.45) is 5.73 Å². The Morgan fingerprint density at radius 3 is 2.71 bits per heavy atom. The Morgan fingerprint density at radius 2 is 2.12 bits per heavy atom. The fourth-order valence-corrected chi connectivity index (χ4v) is 3.32. The van der Waals surface area contributed by atoms with Crippen molar-refractivity contribution in [2.45, 2.75) is 0 Å². The molecule has 0 spiro atoms. The Morgan fingerprint density at radius 1 is 1.35 bits per heavy atom. The van der Waals surface area contributed by atoms with Crippen molar-refractivity contribution in [3.05, 3.63) is 36.9 Å². The zero-order valence-corrected chi connectivity index (χ0v) is 12.2. The number of nitrogens with one attached hydrogen (secondary N) is 1. The van der Waals surface area contributed by atoms with Crippen LogP contribution in [0.5, 0.6) is 0 Å². The molecule has 0 radical (unpaired) electrons. The van der Waals surface area contributed by atoms with E-state index in [1.807, 2.05) is 0 Å². The molecular weight excluding hydrogens is 371 g/mol. The zero-order valence-electron chi connectivity index (χ0n) is 8.40. The number of carbonyl (C=O) groups is 2. The number of thiophene rings is 2. The first-order valence-corrected chi connectivity index (χ1v) is 7.34. The van der Waals surface area contributed by atoms with E-state index in [-0.39, 0.29) is 5.91 Å². The molecule has 0 saturated carbocycles. The Bertz CT molecular complexity index is 576. The average Bonchev–Trinajstić information content (AvgIpc) is 2.86. The number of primary amides is 1. The molecule has 2 heterocycles. The van der Waals surface area contributed by atoms with E-state index in [0.29, 0.717) is 16.1 Å². The van der Waals surface area contributed by atoms with Crippen LogP contribution >= 0.6 is 45.3 Å². The summed E-state index contributed by atoms with van der Waals surface area (Å²) in [6.45, 7) is 0. The lowest BCUT2D eigenvalue weighted by Gasteiger charge is -2.02. The van der Waals surface area contributed by atoms with E-state index >= 15 is 0 Å². The van der Waals surface area contributed by atoms with Crippen LogP contribution in [-0.2, 0) is 0 Å². The van der Waals surface area contributed by atoms with Gasteiger partial charge in [0.15, 0.2) is 0 Å². The van der Waals surface area contributed by atoms with Gasteiger partial charge in [0.05, 0.1) is 14.0 Å². The van der Waals surface area contributed by atoms with E-state index < -0.39 is 5.91 Å².